The zero-order valence-corrected chi connectivity index (χ0v) is 22.3. The van der Waals surface area contributed by atoms with Gasteiger partial charge in [-0.3, -0.25) is 14.4 Å². The highest BCUT2D eigenvalue weighted by atomic mass is 19.1. The van der Waals surface area contributed by atoms with Gasteiger partial charge in [-0.25, -0.2) is 8.78 Å². The number of nitrogens with one attached hydrogen (secondary N) is 1. The van der Waals surface area contributed by atoms with E-state index in [2.05, 4.69) is 5.32 Å². The predicted molar refractivity (Wildman–Crippen MR) is 146 cm³/mol. The maximum absolute atomic E-state index is 15.2. The molecule has 1 saturated carbocycles. The van der Waals surface area contributed by atoms with E-state index >= 15 is 4.39 Å². The van der Waals surface area contributed by atoms with E-state index in [-0.39, 0.29) is 36.6 Å². The Morgan fingerprint density at radius 1 is 1.02 bits per heavy atom. The van der Waals surface area contributed by atoms with E-state index in [1.165, 1.54) is 15.9 Å². The quantitative estimate of drug-likeness (QED) is 0.471. The molecule has 3 aromatic rings. The van der Waals surface area contributed by atoms with Crippen molar-refractivity contribution in [2.45, 2.75) is 56.4 Å². The van der Waals surface area contributed by atoms with Crippen molar-refractivity contribution in [3.05, 3.63) is 106 Å². The molecule has 2 aliphatic heterocycles. The van der Waals surface area contributed by atoms with E-state index in [0.717, 1.165) is 24.0 Å². The topological polar surface area (TPSA) is 69.7 Å². The van der Waals surface area contributed by atoms with Gasteiger partial charge < -0.3 is 15.1 Å². The average molecular weight is 544 g/mol. The van der Waals surface area contributed by atoms with Crippen molar-refractivity contribution in [1.82, 2.24) is 15.1 Å². The number of likely N-dealkylation sites (tertiary alicyclic amines) is 1. The molecule has 0 unspecified atom stereocenters. The minimum Gasteiger partial charge on any atom is -0.343 e. The Morgan fingerprint density at radius 3 is 2.45 bits per heavy atom. The van der Waals surface area contributed by atoms with Gasteiger partial charge in [0.25, 0.3) is 5.91 Å². The Hall–Kier alpha value is -4.07. The summed E-state index contributed by atoms with van der Waals surface area (Å²) in [6.45, 7) is 1.87. The van der Waals surface area contributed by atoms with E-state index in [1.54, 1.807) is 18.2 Å². The third-order valence-corrected chi connectivity index (χ3v) is 8.49. The minimum absolute atomic E-state index is 0.140. The van der Waals surface area contributed by atoms with Crippen molar-refractivity contribution in [2.24, 2.45) is 0 Å². The first-order valence-electron chi connectivity index (χ1n) is 13.7. The van der Waals surface area contributed by atoms with Crippen LogP contribution in [0.15, 0.2) is 72.8 Å². The maximum Gasteiger partial charge on any atom is 0.254 e. The van der Waals surface area contributed by atoms with Crippen LogP contribution in [0.4, 0.5) is 8.78 Å². The van der Waals surface area contributed by atoms with Crippen LogP contribution in [0.25, 0.3) is 0 Å². The lowest BCUT2D eigenvalue weighted by atomic mass is 9.92. The molecule has 0 spiro atoms. The van der Waals surface area contributed by atoms with Crippen LogP contribution in [0.2, 0.25) is 0 Å². The largest absolute Gasteiger partial charge is 0.343 e. The highest BCUT2D eigenvalue weighted by Crippen LogP contribution is 2.48. The Labute approximate surface area is 232 Å². The summed E-state index contributed by atoms with van der Waals surface area (Å²) in [5.41, 5.74) is 3.22. The van der Waals surface area contributed by atoms with Gasteiger partial charge in [-0.1, -0.05) is 67.6 Å². The molecule has 1 saturated heterocycles. The van der Waals surface area contributed by atoms with Crippen LogP contribution >= 0.6 is 0 Å². The number of carbonyl (C=O) groups is 3. The summed E-state index contributed by atoms with van der Waals surface area (Å²) in [7, 11) is 0. The zero-order chi connectivity index (χ0) is 28.0. The SMILES string of the molecule is CC1(c2ccc([C@@H](NC(=O)[C@@H]3C[C@@H](F)CN3C(=O)CN3Cc4ccccc4C3=O)c3ccccc3)cc2F)CC1. The molecule has 6 nitrogen and oxygen atoms in total. The zero-order valence-electron chi connectivity index (χ0n) is 22.3. The van der Waals surface area contributed by atoms with E-state index < -0.39 is 30.1 Å². The van der Waals surface area contributed by atoms with Crippen molar-refractivity contribution in [2.75, 3.05) is 13.1 Å². The molecule has 2 heterocycles. The van der Waals surface area contributed by atoms with Gasteiger partial charge in [0, 0.05) is 18.5 Å². The van der Waals surface area contributed by atoms with Crippen molar-refractivity contribution < 1.29 is 23.2 Å². The molecule has 3 amide bonds. The van der Waals surface area contributed by atoms with Crippen molar-refractivity contribution >= 4 is 17.7 Å². The molecule has 3 aromatic carbocycles. The smallest absolute Gasteiger partial charge is 0.254 e. The van der Waals surface area contributed by atoms with Crippen LogP contribution in [0.3, 0.4) is 0 Å². The third-order valence-electron chi connectivity index (χ3n) is 8.49. The molecule has 1 aliphatic carbocycles. The maximum atomic E-state index is 15.2. The fourth-order valence-corrected chi connectivity index (χ4v) is 5.91. The van der Waals surface area contributed by atoms with Crippen molar-refractivity contribution in [3.8, 4) is 0 Å². The van der Waals surface area contributed by atoms with Crippen molar-refractivity contribution in [3.63, 3.8) is 0 Å². The fraction of sp³-hybridized carbons (Fsp3) is 0.344. The lowest BCUT2D eigenvalue weighted by Crippen LogP contribution is -2.49. The third kappa shape index (κ3) is 4.87. The number of halogens is 2. The average Bonchev–Trinajstić information content (AvgIpc) is 3.45. The fourth-order valence-electron chi connectivity index (χ4n) is 5.91. The van der Waals surface area contributed by atoms with Crippen LogP contribution in [-0.2, 0) is 21.5 Å². The monoisotopic (exact) mass is 543 g/mol. The van der Waals surface area contributed by atoms with Gasteiger partial charge in [0.2, 0.25) is 11.8 Å². The number of rotatable bonds is 7. The number of amides is 3. The second kappa shape index (κ2) is 10.2. The molecule has 206 valence electrons. The van der Waals surface area contributed by atoms with Gasteiger partial charge >= 0.3 is 0 Å². The molecule has 0 aromatic heterocycles. The standard InChI is InChI=1S/C32H31F2N3O3/c1-32(13-14-32)25-12-11-21(15-26(25)34)29(20-7-3-2-4-8-20)35-30(39)27-16-23(33)18-37(27)28(38)19-36-17-22-9-5-6-10-24(22)31(36)40/h2-12,15,23,27,29H,13-14,16-19H2,1H3,(H,35,39)/t23-,27+,29+/m1/s1. The first-order valence-corrected chi connectivity index (χ1v) is 13.7. The van der Waals surface area contributed by atoms with E-state index in [9.17, 15) is 18.8 Å². The molecule has 0 bridgehead atoms. The molecule has 40 heavy (non-hydrogen) atoms. The lowest BCUT2D eigenvalue weighted by Gasteiger charge is -2.28. The highest BCUT2D eigenvalue weighted by molar-refractivity contribution is 6.00. The molecule has 1 N–H and O–H groups in total. The molecular formula is C32H31F2N3O3. The second-order valence-corrected chi connectivity index (χ2v) is 11.4. The first-order chi connectivity index (χ1) is 19.2. The molecule has 0 radical (unpaired) electrons. The van der Waals surface area contributed by atoms with Gasteiger partial charge in [0.1, 0.15) is 24.6 Å². The molecular weight excluding hydrogens is 512 g/mol. The number of fused-ring (bicyclic) bond motifs is 1. The lowest BCUT2D eigenvalue weighted by molar-refractivity contribution is -0.139. The molecule has 3 atom stereocenters. The number of carbonyl (C=O) groups excluding carboxylic acids is 3. The summed E-state index contributed by atoms with van der Waals surface area (Å²) in [6, 6.07) is 19.7. The number of hydrogen-bond donors (Lipinski definition) is 1. The Balaban J connectivity index is 1.21. The Morgan fingerprint density at radius 2 is 1.75 bits per heavy atom. The summed E-state index contributed by atoms with van der Waals surface area (Å²) in [6.07, 6.45) is 0.372. The van der Waals surface area contributed by atoms with Crippen LogP contribution in [-0.4, -0.2) is 52.8 Å². The molecule has 3 aliphatic rings. The van der Waals surface area contributed by atoms with E-state index in [1.807, 2.05) is 55.5 Å². The van der Waals surface area contributed by atoms with Gasteiger partial charge in [0.05, 0.1) is 12.6 Å². The minimum atomic E-state index is -1.36. The summed E-state index contributed by atoms with van der Waals surface area (Å²) >= 11 is 0. The van der Waals surface area contributed by atoms with Crippen LogP contribution in [0, 0.1) is 5.82 Å². The Bertz CT molecular complexity index is 1470. The predicted octanol–water partition coefficient (Wildman–Crippen LogP) is 4.68. The van der Waals surface area contributed by atoms with E-state index in [0.29, 0.717) is 23.2 Å². The highest BCUT2D eigenvalue weighted by Gasteiger charge is 2.43. The Kier molecular flexibility index (Phi) is 6.64. The van der Waals surface area contributed by atoms with Crippen LogP contribution < -0.4 is 5.32 Å². The van der Waals surface area contributed by atoms with Crippen molar-refractivity contribution in [1.29, 1.82) is 0 Å². The number of benzene rings is 3. The molecule has 8 heteroatoms. The van der Waals surface area contributed by atoms with Gasteiger partial charge in [-0.2, -0.15) is 0 Å². The normalized spacial score (nSPS) is 21.7. The van der Waals surface area contributed by atoms with Gasteiger partial charge in [-0.15, -0.1) is 0 Å². The number of nitrogens with zero attached hydrogens (tertiary/aromatic N) is 2. The summed E-state index contributed by atoms with van der Waals surface area (Å²) in [4.78, 5) is 42.3. The van der Waals surface area contributed by atoms with Crippen LogP contribution in [0.1, 0.15) is 64.8 Å². The summed E-state index contributed by atoms with van der Waals surface area (Å²) < 4.78 is 29.8. The van der Waals surface area contributed by atoms with Gasteiger partial charge in [0.15, 0.2) is 0 Å². The summed E-state index contributed by atoms with van der Waals surface area (Å²) in [5, 5.41) is 2.97. The number of hydrogen-bond acceptors (Lipinski definition) is 3. The number of alkyl halides is 1. The van der Waals surface area contributed by atoms with E-state index in [4.69, 9.17) is 0 Å². The van der Waals surface area contributed by atoms with Crippen LogP contribution in [0.5, 0.6) is 0 Å². The first kappa shape index (κ1) is 26.2. The molecule has 6 rings (SSSR count). The summed E-state index contributed by atoms with van der Waals surface area (Å²) in [5.74, 6) is -1.57. The van der Waals surface area contributed by atoms with Gasteiger partial charge in [-0.05, 0) is 52.6 Å². The molecule has 2 fully saturated rings. The second-order valence-electron chi connectivity index (χ2n) is 11.4.